The zero-order chi connectivity index (χ0) is 10.6. The van der Waals surface area contributed by atoms with Crippen molar-refractivity contribution < 1.29 is 12.3 Å². The number of halogens is 2. The molecule has 0 aromatic heterocycles. The van der Waals surface area contributed by atoms with Crippen LogP contribution in [0.15, 0.2) is 40.3 Å². The number of benzene rings is 1. The molecule has 1 aromatic rings. The van der Waals surface area contributed by atoms with Crippen molar-refractivity contribution in [2.45, 2.75) is 0 Å². The van der Waals surface area contributed by atoms with Gasteiger partial charge < -0.3 is 5.32 Å². The predicted octanol–water partition coefficient (Wildman–Crippen LogP) is 2.63. The highest BCUT2D eigenvalue weighted by atomic mass is 79.9. The maximum Gasteiger partial charge on any atom is 0.326 e. The molecule has 1 N–H and O–H groups in total. The highest BCUT2D eigenvalue weighted by Gasteiger charge is 1.97. The van der Waals surface area contributed by atoms with Gasteiger partial charge in [0.1, 0.15) is 0 Å². The zero-order valence-electron chi connectivity index (χ0n) is 6.94. The summed E-state index contributed by atoms with van der Waals surface area (Å²) in [5.41, 5.74) is 0.674. The van der Waals surface area contributed by atoms with E-state index >= 15 is 0 Å². The molecule has 0 saturated carbocycles. The highest BCUT2D eigenvalue weighted by molar-refractivity contribution is 9.10. The van der Waals surface area contributed by atoms with Crippen molar-refractivity contribution in [3.8, 4) is 0 Å². The van der Waals surface area contributed by atoms with Crippen molar-refractivity contribution in [1.29, 1.82) is 0 Å². The van der Waals surface area contributed by atoms with Crippen LogP contribution in [0.1, 0.15) is 0 Å². The average Bonchev–Trinajstić information content (AvgIpc) is 2.06. The van der Waals surface area contributed by atoms with Gasteiger partial charge in [0.15, 0.2) is 0 Å². The molecule has 0 amide bonds. The Labute approximate surface area is 90.0 Å². The summed E-state index contributed by atoms with van der Waals surface area (Å²) in [7, 11) is -4.55. The van der Waals surface area contributed by atoms with Gasteiger partial charge in [-0.2, -0.15) is 8.42 Å². The summed E-state index contributed by atoms with van der Waals surface area (Å²) in [6, 6.07) is 7.00. The first-order valence-corrected chi connectivity index (χ1v) is 5.85. The fourth-order valence-corrected chi connectivity index (χ4v) is 1.25. The Bertz CT molecular complexity index is 427. The molecule has 0 heterocycles. The van der Waals surface area contributed by atoms with Gasteiger partial charge in [0, 0.05) is 16.4 Å². The molecule has 0 spiro atoms. The summed E-state index contributed by atoms with van der Waals surface area (Å²) in [5, 5.41) is 3.06. The smallest absolute Gasteiger partial charge is 0.326 e. The van der Waals surface area contributed by atoms with Crippen LogP contribution in [0.2, 0.25) is 0 Å². The summed E-state index contributed by atoms with van der Waals surface area (Å²) >= 11 is 3.24. The number of anilines is 1. The molecule has 0 aliphatic rings. The van der Waals surface area contributed by atoms with Crippen LogP contribution < -0.4 is 5.32 Å². The lowest BCUT2D eigenvalue weighted by molar-refractivity contribution is 0.563. The molecule has 0 radical (unpaired) electrons. The lowest BCUT2D eigenvalue weighted by atomic mass is 10.3. The molecule has 76 valence electrons. The van der Waals surface area contributed by atoms with Crippen molar-refractivity contribution in [3.63, 3.8) is 0 Å². The first kappa shape index (κ1) is 11.2. The summed E-state index contributed by atoms with van der Waals surface area (Å²) in [6.45, 7) is 0. The van der Waals surface area contributed by atoms with Crippen LogP contribution >= 0.6 is 15.9 Å². The number of nitrogens with one attached hydrogen (secondary N) is 1. The Balaban J connectivity index is 2.63. The number of hydrogen-bond donors (Lipinski definition) is 1. The molecule has 0 atom stereocenters. The molecular weight excluding hydrogens is 273 g/mol. The number of rotatable bonds is 3. The molecule has 6 heteroatoms. The van der Waals surface area contributed by atoms with Crippen molar-refractivity contribution >= 4 is 31.8 Å². The highest BCUT2D eigenvalue weighted by Crippen LogP contribution is 2.13. The molecule has 14 heavy (non-hydrogen) atoms. The SMILES string of the molecule is O=S(=O)(F)/C=C/Nc1ccc(Br)cc1. The first-order chi connectivity index (χ1) is 6.47. The van der Waals surface area contributed by atoms with Crippen LogP contribution in [0.25, 0.3) is 0 Å². The Morgan fingerprint density at radius 3 is 2.36 bits per heavy atom. The minimum absolute atomic E-state index is 0.453. The van der Waals surface area contributed by atoms with E-state index < -0.39 is 10.2 Å². The molecular formula is C8H7BrFNO2S. The minimum Gasteiger partial charge on any atom is -0.361 e. The van der Waals surface area contributed by atoms with Gasteiger partial charge in [-0.25, -0.2) is 0 Å². The van der Waals surface area contributed by atoms with Gasteiger partial charge in [0.2, 0.25) is 0 Å². The second-order valence-corrected chi connectivity index (χ2v) is 4.57. The standard InChI is InChI=1S/C8H7BrFNO2S/c9-7-1-3-8(4-2-7)11-5-6-14(10,12)13/h1-6,11H/b6-5+. The second-order valence-electron chi connectivity index (χ2n) is 2.43. The summed E-state index contributed by atoms with van der Waals surface area (Å²) in [6.07, 6.45) is 1.03. The maximum atomic E-state index is 12.0. The van der Waals surface area contributed by atoms with E-state index in [0.717, 1.165) is 10.7 Å². The predicted molar refractivity (Wildman–Crippen MR) is 56.9 cm³/mol. The Morgan fingerprint density at radius 1 is 1.29 bits per heavy atom. The van der Waals surface area contributed by atoms with E-state index in [2.05, 4.69) is 21.2 Å². The van der Waals surface area contributed by atoms with Crippen molar-refractivity contribution in [2.75, 3.05) is 5.32 Å². The normalized spacial score (nSPS) is 11.9. The van der Waals surface area contributed by atoms with Gasteiger partial charge in [0.25, 0.3) is 0 Å². The molecule has 1 rings (SSSR count). The van der Waals surface area contributed by atoms with Crippen LogP contribution in [0.4, 0.5) is 9.57 Å². The van der Waals surface area contributed by atoms with E-state index in [0.29, 0.717) is 11.1 Å². The van der Waals surface area contributed by atoms with E-state index in [1.165, 1.54) is 0 Å². The third-order valence-corrected chi connectivity index (χ3v) is 2.31. The van der Waals surface area contributed by atoms with Crippen molar-refractivity contribution in [2.24, 2.45) is 0 Å². The fraction of sp³-hybridized carbons (Fsp3) is 0. The van der Waals surface area contributed by atoms with Crippen molar-refractivity contribution in [3.05, 3.63) is 40.3 Å². The molecule has 0 aliphatic carbocycles. The van der Waals surface area contributed by atoms with Gasteiger partial charge >= 0.3 is 10.2 Å². The quantitative estimate of drug-likeness (QED) is 0.866. The van der Waals surface area contributed by atoms with Crippen LogP contribution in [0.5, 0.6) is 0 Å². The topological polar surface area (TPSA) is 46.2 Å². The van der Waals surface area contributed by atoms with E-state index in [-0.39, 0.29) is 0 Å². The van der Waals surface area contributed by atoms with E-state index in [1.807, 2.05) is 0 Å². The lowest BCUT2D eigenvalue weighted by Gasteiger charge is -1.98. The molecule has 0 aliphatic heterocycles. The van der Waals surface area contributed by atoms with Gasteiger partial charge in [-0.1, -0.05) is 15.9 Å². The third-order valence-electron chi connectivity index (χ3n) is 1.32. The number of hydrogen-bond acceptors (Lipinski definition) is 3. The first-order valence-electron chi connectivity index (χ1n) is 3.61. The summed E-state index contributed by atoms with van der Waals surface area (Å²) in [4.78, 5) is 0. The van der Waals surface area contributed by atoms with E-state index in [4.69, 9.17) is 0 Å². The Kier molecular flexibility index (Phi) is 3.65. The molecule has 0 bridgehead atoms. The largest absolute Gasteiger partial charge is 0.361 e. The van der Waals surface area contributed by atoms with Crippen molar-refractivity contribution in [1.82, 2.24) is 0 Å². The Morgan fingerprint density at radius 2 is 1.86 bits per heavy atom. The molecule has 0 fully saturated rings. The molecule has 0 saturated heterocycles. The zero-order valence-corrected chi connectivity index (χ0v) is 9.35. The van der Waals surface area contributed by atoms with E-state index in [9.17, 15) is 12.3 Å². The van der Waals surface area contributed by atoms with Gasteiger partial charge in [-0.3, -0.25) is 0 Å². The summed E-state index contributed by atoms with van der Waals surface area (Å²) < 4.78 is 33.1. The monoisotopic (exact) mass is 279 g/mol. The maximum absolute atomic E-state index is 12.0. The van der Waals surface area contributed by atoms with Crippen LogP contribution in [-0.4, -0.2) is 8.42 Å². The molecule has 1 aromatic carbocycles. The van der Waals surface area contributed by atoms with Crippen LogP contribution in [0.3, 0.4) is 0 Å². The molecule has 3 nitrogen and oxygen atoms in total. The minimum atomic E-state index is -4.55. The average molecular weight is 280 g/mol. The van der Waals surface area contributed by atoms with Crippen LogP contribution in [-0.2, 0) is 10.2 Å². The fourth-order valence-electron chi connectivity index (χ4n) is 0.758. The van der Waals surface area contributed by atoms with Gasteiger partial charge in [-0.15, -0.1) is 3.89 Å². The Hall–Kier alpha value is -0.880. The van der Waals surface area contributed by atoms with E-state index in [1.54, 1.807) is 24.3 Å². The summed E-state index contributed by atoms with van der Waals surface area (Å²) in [5.74, 6) is 0. The van der Waals surface area contributed by atoms with Gasteiger partial charge in [-0.05, 0) is 24.3 Å². The van der Waals surface area contributed by atoms with Crippen LogP contribution in [0, 0.1) is 0 Å². The lowest BCUT2D eigenvalue weighted by Crippen LogP contribution is -1.89. The third kappa shape index (κ3) is 4.38. The molecule has 0 unspecified atom stereocenters. The van der Waals surface area contributed by atoms with Gasteiger partial charge in [0.05, 0.1) is 5.41 Å². The second kappa shape index (κ2) is 4.56.